The number of nitrogens with zero attached hydrogens (tertiary/aromatic N) is 1. The van der Waals surface area contributed by atoms with Gasteiger partial charge in [-0.3, -0.25) is 9.59 Å². The first-order valence-corrected chi connectivity index (χ1v) is 14.9. The quantitative estimate of drug-likeness (QED) is 0.207. The molecule has 0 radical (unpaired) electrons. The van der Waals surface area contributed by atoms with Crippen LogP contribution in [0.5, 0.6) is 5.75 Å². The van der Waals surface area contributed by atoms with Crippen molar-refractivity contribution in [2.24, 2.45) is 0 Å². The van der Waals surface area contributed by atoms with Crippen molar-refractivity contribution >= 4 is 45.8 Å². The molecule has 1 fully saturated rings. The van der Waals surface area contributed by atoms with Gasteiger partial charge < -0.3 is 15.0 Å². The van der Waals surface area contributed by atoms with Crippen LogP contribution in [0.15, 0.2) is 91.0 Å². The number of benzene rings is 4. The zero-order valence-electron chi connectivity index (χ0n) is 22.9. The van der Waals surface area contributed by atoms with E-state index in [1.807, 2.05) is 72.8 Å². The molecule has 0 spiro atoms. The van der Waals surface area contributed by atoms with Crippen molar-refractivity contribution in [1.29, 1.82) is 0 Å². The van der Waals surface area contributed by atoms with Crippen LogP contribution < -0.4 is 10.1 Å². The summed E-state index contributed by atoms with van der Waals surface area (Å²) in [4.78, 5) is 29.6. The van der Waals surface area contributed by atoms with Crippen molar-refractivity contribution in [2.75, 3.05) is 6.61 Å². The summed E-state index contributed by atoms with van der Waals surface area (Å²) in [5.41, 5.74) is 1.55. The lowest BCUT2D eigenvalue weighted by Crippen LogP contribution is -2.53. The Balaban J connectivity index is 1.47. The molecule has 4 aromatic carbocycles. The fourth-order valence-electron chi connectivity index (χ4n) is 5.50. The molecule has 7 heteroatoms. The fraction of sp³-hybridized carbons (Fsp3) is 0.294. The normalized spacial score (nSPS) is 14.4. The third kappa shape index (κ3) is 7.41. The molecule has 1 N–H and O–H groups in total. The van der Waals surface area contributed by atoms with E-state index in [2.05, 4.69) is 5.32 Å². The average Bonchev–Trinajstić information content (AvgIpc) is 3.00. The van der Waals surface area contributed by atoms with Gasteiger partial charge in [-0.2, -0.15) is 0 Å². The monoisotopic (exact) mass is 588 g/mol. The average molecular weight is 590 g/mol. The maximum absolute atomic E-state index is 14.0. The number of hydrogen-bond acceptors (Lipinski definition) is 3. The van der Waals surface area contributed by atoms with Crippen molar-refractivity contribution < 1.29 is 14.3 Å². The Morgan fingerprint density at radius 2 is 1.49 bits per heavy atom. The standard InChI is InChI=1S/C34H34Cl2N2O3/c35-29-18-10-19-30(36)28(29)22-38(33(39)23-41-32-20-9-14-25-13-7-8-17-27(25)32)31(21-24-11-3-1-4-12-24)34(40)37-26-15-5-2-6-16-26/h1,3-4,7-14,17-20,26,31H,2,5-6,15-16,21-23H2,(H,37,40)/t31-/m1/s1. The molecule has 0 aromatic heterocycles. The SMILES string of the molecule is O=C(NC1CCCCC1)[C@@H](Cc1ccccc1)N(Cc1c(Cl)cccc1Cl)C(=O)COc1cccc2ccccc12. The molecule has 1 atom stereocenters. The van der Waals surface area contributed by atoms with Crippen LogP contribution in [0.2, 0.25) is 10.0 Å². The molecule has 0 bridgehead atoms. The highest BCUT2D eigenvalue weighted by molar-refractivity contribution is 6.36. The second kappa shape index (κ2) is 13.9. The highest BCUT2D eigenvalue weighted by Gasteiger charge is 2.33. The Labute approximate surface area is 251 Å². The van der Waals surface area contributed by atoms with Gasteiger partial charge in [0.25, 0.3) is 5.91 Å². The van der Waals surface area contributed by atoms with E-state index in [1.54, 1.807) is 23.1 Å². The molecule has 1 aliphatic carbocycles. The number of rotatable bonds is 10. The molecule has 0 saturated heterocycles. The first-order valence-electron chi connectivity index (χ1n) is 14.2. The van der Waals surface area contributed by atoms with Gasteiger partial charge in [0.05, 0.1) is 0 Å². The van der Waals surface area contributed by atoms with Crippen molar-refractivity contribution in [2.45, 2.75) is 57.2 Å². The molecule has 1 aliphatic rings. The predicted molar refractivity (Wildman–Crippen MR) is 165 cm³/mol. The first kappa shape index (κ1) is 29.0. The van der Waals surface area contributed by atoms with Gasteiger partial charge in [-0.25, -0.2) is 0 Å². The number of fused-ring (bicyclic) bond motifs is 1. The molecule has 4 aromatic rings. The zero-order chi connectivity index (χ0) is 28.6. The molecule has 5 rings (SSSR count). The van der Waals surface area contributed by atoms with Crippen molar-refractivity contribution in [3.05, 3.63) is 112 Å². The lowest BCUT2D eigenvalue weighted by molar-refractivity contribution is -0.143. The van der Waals surface area contributed by atoms with Crippen molar-refractivity contribution in [1.82, 2.24) is 10.2 Å². The molecule has 2 amide bonds. The summed E-state index contributed by atoms with van der Waals surface area (Å²) >= 11 is 13.1. The molecular weight excluding hydrogens is 555 g/mol. The van der Waals surface area contributed by atoms with Gasteiger partial charge in [0.15, 0.2) is 6.61 Å². The van der Waals surface area contributed by atoms with E-state index >= 15 is 0 Å². The molecule has 41 heavy (non-hydrogen) atoms. The number of carbonyl (C=O) groups is 2. The summed E-state index contributed by atoms with van der Waals surface area (Å²) in [6, 6.07) is 27.9. The Bertz CT molecular complexity index is 1460. The van der Waals surface area contributed by atoms with Crippen LogP contribution >= 0.6 is 23.2 Å². The highest BCUT2D eigenvalue weighted by atomic mass is 35.5. The Kier molecular flexibility index (Phi) is 9.81. The van der Waals surface area contributed by atoms with Crippen LogP contribution in [0, 0.1) is 0 Å². The fourth-order valence-corrected chi connectivity index (χ4v) is 6.01. The van der Waals surface area contributed by atoms with E-state index < -0.39 is 6.04 Å². The van der Waals surface area contributed by atoms with Crippen LogP contribution in [0.1, 0.15) is 43.2 Å². The second-order valence-corrected chi connectivity index (χ2v) is 11.4. The summed E-state index contributed by atoms with van der Waals surface area (Å²) in [5.74, 6) is 0.106. The molecular formula is C34H34Cl2N2O3. The summed E-state index contributed by atoms with van der Waals surface area (Å²) in [5, 5.41) is 6.07. The van der Waals surface area contributed by atoms with Crippen molar-refractivity contribution in [3.8, 4) is 5.75 Å². The minimum absolute atomic E-state index is 0.0752. The van der Waals surface area contributed by atoms with Gasteiger partial charge >= 0.3 is 0 Å². The predicted octanol–water partition coefficient (Wildman–Crippen LogP) is 7.61. The van der Waals surface area contributed by atoms with E-state index in [9.17, 15) is 9.59 Å². The largest absolute Gasteiger partial charge is 0.483 e. The minimum Gasteiger partial charge on any atom is -0.483 e. The molecule has 0 aliphatic heterocycles. The third-order valence-electron chi connectivity index (χ3n) is 7.71. The van der Waals surface area contributed by atoms with Crippen LogP contribution in [-0.4, -0.2) is 35.4 Å². The van der Waals surface area contributed by atoms with Gasteiger partial charge in [0, 0.05) is 40.0 Å². The van der Waals surface area contributed by atoms with Crippen LogP contribution in [0.3, 0.4) is 0 Å². The molecule has 5 nitrogen and oxygen atoms in total. The van der Waals surface area contributed by atoms with Gasteiger partial charge in [-0.1, -0.05) is 115 Å². The van der Waals surface area contributed by atoms with Gasteiger partial charge in [0.1, 0.15) is 11.8 Å². The van der Waals surface area contributed by atoms with E-state index in [0.29, 0.717) is 27.8 Å². The summed E-state index contributed by atoms with van der Waals surface area (Å²) in [7, 11) is 0. The molecule has 1 saturated carbocycles. The number of carbonyl (C=O) groups excluding carboxylic acids is 2. The summed E-state index contributed by atoms with van der Waals surface area (Å²) in [6.45, 7) is -0.163. The second-order valence-electron chi connectivity index (χ2n) is 10.5. The van der Waals surface area contributed by atoms with E-state index in [4.69, 9.17) is 27.9 Å². The number of nitrogens with one attached hydrogen (secondary N) is 1. The maximum atomic E-state index is 14.0. The highest BCUT2D eigenvalue weighted by Crippen LogP contribution is 2.29. The van der Waals surface area contributed by atoms with Crippen LogP contribution in [0.4, 0.5) is 0 Å². The zero-order valence-corrected chi connectivity index (χ0v) is 24.4. The number of hydrogen-bond donors (Lipinski definition) is 1. The topological polar surface area (TPSA) is 58.6 Å². The minimum atomic E-state index is -0.782. The number of amides is 2. The molecule has 0 heterocycles. The van der Waals surface area contributed by atoms with Gasteiger partial charge in [-0.05, 0) is 42.0 Å². The lowest BCUT2D eigenvalue weighted by atomic mass is 9.94. The van der Waals surface area contributed by atoms with Crippen molar-refractivity contribution in [3.63, 3.8) is 0 Å². The maximum Gasteiger partial charge on any atom is 0.261 e. The third-order valence-corrected chi connectivity index (χ3v) is 8.42. The number of halogens is 2. The van der Waals surface area contributed by atoms with Crippen LogP contribution in [0.25, 0.3) is 10.8 Å². The Morgan fingerprint density at radius 1 is 0.829 bits per heavy atom. The Morgan fingerprint density at radius 3 is 2.24 bits per heavy atom. The first-order chi connectivity index (χ1) is 20.0. The number of ether oxygens (including phenoxy) is 1. The molecule has 0 unspecified atom stereocenters. The van der Waals surface area contributed by atoms with E-state index in [1.165, 1.54) is 6.42 Å². The van der Waals surface area contributed by atoms with Gasteiger partial charge in [0.2, 0.25) is 5.91 Å². The Hall–Kier alpha value is -3.54. The van der Waals surface area contributed by atoms with E-state index in [0.717, 1.165) is 42.0 Å². The summed E-state index contributed by atoms with van der Waals surface area (Å²) in [6.07, 6.45) is 5.59. The van der Waals surface area contributed by atoms with E-state index in [-0.39, 0.29) is 31.0 Å². The van der Waals surface area contributed by atoms with Crippen LogP contribution in [-0.2, 0) is 22.6 Å². The van der Waals surface area contributed by atoms with Gasteiger partial charge in [-0.15, -0.1) is 0 Å². The smallest absolute Gasteiger partial charge is 0.261 e. The molecule has 212 valence electrons. The lowest BCUT2D eigenvalue weighted by Gasteiger charge is -2.33. The summed E-state index contributed by atoms with van der Waals surface area (Å²) < 4.78 is 6.10.